The number of amides is 1. The van der Waals surface area contributed by atoms with Gasteiger partial charge < -0.3 is 14.2 Å². The third-order valence-electron chi connectivity index (χ3n) is 5.82. The minimum atomic E-state index is -0.224. The number of nitrogens with zero attached hydrogens (tertiary/aromatic N) is 4. The van der Waals surface area contributed by atoms with Gasteiger partial charge in [0.2, 0.25) is 17.6 Å². The van der Waals surface area contributed by atoms with Gasteiger partial charge in [0.05, 0.1) is 13.7 Å². The largest absolute Gasteiger partial charge is 0.497 e. The van der Waals surface area contributed by atoms with Crippen molar-refractivity contribution in [1.82, 2.24) is 19.9 Å². The smallest absolute Gasteiger partial charge is 0.246 e. The van der Waals surface area contributed by atoms with E-state index in [2.05, 4.69) is 15.0 Å². The van der Waals surface area contributed by atoms with Crippen molar-refractivity contribution >= 4 is 5.91 Å². The Labute approximate surface area is 186 Å². The second kappa shape index (κ2) is 9.91. The maximum atomic E-state index is 13.1. The molecule has 0 unspecified atom stereocenters. The van der Waals surface area contributed by atoms with Gasteiger partial charge in [0, 0.05) is 25.1 Å². The standard InChI is InChI=1S/C24H27FN4O3/c1-28(16-22-26-23(27-32-22)18-5-9-21(31-2)10-6-18)24(30)19-11-13-29(14-12-19)15-17-3-7-20(25)8-4-17/h3-10,19H,11-16H2,1-2H3. The van der Waals surface area contributed by atoms with Crippen molar-refractivity contribution in [2.24, 2.45) is 5.92 Å². The van der Waals surface area contributed by atoms with Gasteiger partial charge in [0.1, 0.15) is 11.6 Å². The summed E-state index contributed by atoms with van der Waals surface area (Å²) in [4.78, 5) is 21.3. The highest BCUT2D eigenvalue weighted by atomic mass is 19.1. The molecule has 0 aliphatic carbocycles. The third-order valence-corrected chi connectivity index (χ3v) is 5.82. The van der Waals surface area contributed by atoms with Crippen LogP contribution in [-0.2, 0) is 17.9 Å². The van der Waals surface area contributed by atoms with Crippen LogP contribution >= 0.6 is 0 Å². The monoisotopic (exact) mass is 438 g/mol. The van der Waals surface area contributed by atoms with Gasteiger partial charge in [-0.25, -0.2) is 4.39 Å². The highest BCUT2D eigenvalue weighted by molar-refractivity contribution is 5.78. The van der Waals surface area contributed by atoms with Gasteiger partial charge in [-0.3, -0.25) is 9.69 Å². The predicted molar refractivity (Wildman–Crippen MR) is 117 cm³/mol. The Morgan fingerprint density at radius 1 is 1.16 bits per heavy atom. The number of piperidine rings is 1. The van der Waals surface area contributed by atoms with Crippen LogP contribution in [0.4, 0.5) is 4.39 Å². The first-order chi connectivity index (χ1) is 15.5. The molecule has 1 fully saturated rings. The van der Waals surface area contributed by atoms with Crippen LogP contribution in [0.3, 0.4) is 0 Å². The Bertz CT molecular complexity index is 1030. The van der Waals surface area contributed by atoms with Crippen molar-refractivity contribution in [3.05, 3.63) is 65.8 Å². The molecule has 1 amide bonds. The number of carbonyl (C=O) groups is 1. The summed E-state index contributed by atoms with van der Waals surface area (Å²) in [5, 5.41) is 4.03. The van der Waals surface area contributed by atoms with Crippen LogP contribution in [0, 0.1) is 11.7 Å². The summed E-state index contributed by atoms with van der Waals surface area (Å²) >= 11 is 0. The number of aromatic nitrogens is 2. The van der Waals surface area contributed by atoms with E-state index in [0.717, 1.165) is 49.4 Å². The summed E-state index contributed by atoms with van der Waals surface area (Å²) in [5.74, 6) is 1.49. The molecular weight excluding hydrogens is 411 g/mol. The first-order valence-electron chi connectivity index (χ1n) is 10.7. The molecule has 32 heavy (non-hydrogen) atoms. The van der Waals surface area contributed by atoms with Crippen molar-refractivity contribution < 1.29 is 18.4 Å². The fourth-order valence-electron chi connectivity index (χ4n) is 3.95. The number of benzene rings is 2. The number of hydrogen-bond acceptors (Lipinski definition) is 6. The highest BCUT2D eigenvalue weighted by Crippen LogP contribution is 2.23. The summed E-state index contributed by atoms with van der Waals surface area (Å²) in [5.41, 5.74) is 1.90. The zero-order valence-electron chi connectivity index (χ0n) is 18.3. The lowest BCUT2D eigenvalue weighted by Gasteiger charge is -2.33. The lowest BCUT2D eigenvalue weighted by atomic mass is 9.95. The van der Waals surface area contributed by atoms with Crippen molar-refractivity contribution in [3.8, 4) is 17.1 Å². The SMILES string of the molecule is COc1ccc(-c2noc(CN(C)C(=O)C3CCN(Cc4ccc(F)cc4)CC3)n2)cc1. The van der Waals surface area contributed by atoms with Crippen LogP contribution < -0.4 is 4.74 Å². The highest BCUT2D eigenvalue weighted by Gasteiger charge is 2.28. The van der Waals surface area contributed by atoms with E-state index in [1.54, 1.807) is 19.1 Å². The summed E-state index contributed by atoms with van der Waals surface area (Å²) in [6.45, 7) is 2.72. The Kier molecular flexibility index (Phi) is 6.80. The molecule has 3 aromatic rings. The molecule has 1 saturated heterocycles. The molecule has 168 valence electrons. The Hall–Kier alpha value is -3.26. The van der Waals surface area contributed by atoms with Crippen molar-refractivity contribution in [1.29, 1.82) is 0 Å². The molecule has 4 rings (SSSR count). The summed E-state index contributed by atoms with van der Waals surface area (Å²) < 4.78 is 23.6. The molecule has 1 aliphatic rings. The van der Waals surface area contributed by atoms with E-state index < -0.39 is 0 Å². The van der Waals surface area contributed by atoms with E-state index in [-0.39, 0.29) is 24.2 Å². The first-order valence-corrected chi connectivity index (χ1v) is 10.7. The normalized spacial score (nSPS) is 15.0. The third kappa shape index (κ3) is 5.31. The van der Waals surface area contributed by atoms with Crippen molar-refractivity contribution in [2.45, 2.75) is 25.9 Å². The minimum Gasteiger partial charge on any atom is -0.497 e. The van der Waals surface area contributed by atoms with Gasteiger partial charge in [-0.1, -0.05) is 17.3 Å². The number of likely N-dealkylation sites (tertiary alicyclic amines) is 1. The minimum absolute atomic E-state index is 0.0200. The number of hydrogen-bond donors (Lipinski definition) is 0. The fourth-order valence-corrected chi connectivity index (χ4v) is 3.95. The zero-order valence-corrected chi connectivity index (χ0v) is 18.3. The van der Waals surface area contributed by atoms with Crippen LogP contribution in [-0.4, -0.2) is 53.1 Å². The second-order valence-electron chi connectivity index (χ2n) is 8.11. The molecule has 0 radical (unpaired) electrons. The molecule has 1 aromatic heterocycles. The molecule has 8 heteroatoms. The maximum absolute atomic E-state index is 13.1. The molecule has 0 spiro atoms. The zero-order chi connectivity index (χ0) is 22.5. The Morgan fingerprint density at radius 3 is 2.50 bits per heavy atom. The van der Waals surface area contributed by atoms with Crippen molar-refractivity contribution in [2.75, 3.05) is 27.2 Å². The molecule has 0 atom stereocenters. The second-order valence-corrected chi connectivity index (χ2v) is 8.11. The molecule has 0 bridgehead atoms. The summed E-state index contributed by atoms with van der Waals surface area (Å²) in [6.07, 6.45) is 1.59. The van der Waals surface area contributed by atoms with Crippen LogP contribution in [0.5, 0.6) is 5.75 Å². The van der Waals surface area contributed by atoms with Gasteiger partial charge in [-0.05, 0) is 67.9 Å². The van der Waals surface area contributed by atoms with Crippen LogP contribution in [0.1, 0.15) is 24.3 Å². The first kappa shape index (κ1) is 22.0. The van der Waals surface area contributed by atoms with Gasteiger partial charge >= 0.3 is 0 Å². The van der Waals surface area contributed by atoms with Gasteiger partial charge in [0.25, 0.3) is 0 Å². The molecular formula is C24H27FN4O3. The van der Waals surface area contributed by atoms with Crippen LogP contribution in [0.2, 0.25) is 0 Å². The van der Waals surface area contributed by atoms with E-state index >= 15 is 0 Å². The average Bonchev–Trinajstić information content (AvgIpc) is 3.29. The van der Waals surface area contributed by atoms with Crippen LogP contribution in [0.15, 0.2) is 53.1 Å². The molecule has 1 aliphatic heterocycles. The quantitative estimate of drug-likeness (QED) is 0.560. The van der Waals surface area contributed by atoms with Gasteiger partial charge in [0.15, 0.2) is 0 Å². The van der Waals surface area contributed by atoms with E-state index in [0.29, 0.717) is 11.7 Å². The summed E-state index contributed by atoms with van der Waals surface area (Å²) in [7, 11) is 3.38. The maximum Gasteiger partial charge on any atom is 0.246 e. The average molecular weight is 439 g/mol. The Balaban J connectivity index is 1.28. The number of carbonyl (C=O) groups excluding carboxylic acids is 1. The van der Waals surface area contributed by atoms with Crippen LogP contribution in [0.25, 0.3) is 11.4 Å². The lowest BCUT2D eigenvalue weighted by Crippen LogP contribution is -2.40. The van der Waals surface area contributed by atoms with Crippen molar-refractivity contribution in [3.63, 3.8) is 0 Å². The topological polar surface area (TPSA) is 71.7 Å². The number of methoxy groups -OCH3 is 1. The van der Waals surface area contributed by atoms with Gasteiger partial charge in [-0.2, -0.15) is 4.98 Å². The number of halogens is 1. The van der Waals surface area contributed by atoms with Gasteiger partial charge in [-0.15, -0.1) is 0 Å². The molecule has 2 heterocycles. The van der Waals surface area contributed by atoms with E-state index in [4.69, 9.17) is 9.26 Å². The molecule has 0 saturated carbocycles. The van der Waals surface area contributed by atoms with E-state index in [1.807, 2.05) is 36.4 Å². The molecule has 2 aromatic carbocycles. The molecule has 7 nitrogen and oxygen atoms in total. The molecule has 0 N–H and O–H groups in total. The Morgan fingerprint density at radius 2 is 1.84 bits per heavy atom. The summed E-state index contributed by atoms with van der Waals surface area (Å²) in [6, 6.07) is 14.0. The lowest BCUT2D eigenvalue weighted by molar-refractivity contribution is -0.136. The number of ether oxygens (including phenoxy) is 1. The van der Waals surface area contributed by atoms with E-state index in [9.17, 15) is 9.18 Å². The van der Waals surface area contributed by atoms with E-state index in [1.165, 1.54) is 12.1 Å². The predicted octanol–water partition coefficient (Wildman–Crippen LogP) is 3.75. The number of rotatable bonds is 7. The fraction of sp³-hybridized carbons (Fsp3) is 0.375.